The van der Waals surface area contributed by atoms with Crippen LogP contribution in [0.25, 0.3) is 10.9 Å². The lowest BCUT2D eigenvalue weighted by Gasteiger charge is -2.27. The number of fused-ring (bicyclic) bond motifs is 1. The third kappa shape index (κ3) is 3.16. The zero-order chi connectivity index (χ0) is 16.4. The van der Waals surface area contributed by atoms with Crippen molar-refractivity contribution in [2.45, 2.75) is 25.8 Å². The Morgan fingerprint density at radius 3 is 3.09 bits per heavy atom. The molecule has 0 saturated carbocycles. The molecule has 0 amide bonds. The van der Waals surface area contributed by atoms with E-state index in [2.05, 4.69) is 26.2 Å². The Morgan fingerprint density at radius 2 is 2.39 bits per heavy atom. The molecule has 1 atom stereocenters. The molecule has 0 unspecified atom stereocenters. The molecule has 0 aromatic carbocycles. The Bertz CT molecular complexity index is 797. The predicted molar refractivity (Wildman–Crippen MR) is 90.8 cm³/mol. The van der Waals surface area contributed by atoms with Gasteiger partial charge in [-0.05, 0) is 48.3 Å². The molecule has 1 fully saturated rings. The maximum absolute atomic E-state index is 12.7. The van der Waals surface area contributed by atoms with E-state index in [1.54, 1.807) is 25.4 Å². The van der Waals surface area contributed by atoms with E-state index in [-0.39, 0.29) is 23.6 Å². The molecule has 0 spiro atoms. The number of esters is 1. The first kappa shape index (κ1) is 16.1. The maximum Gasteiger partial charge on any atom is 0.343 e. The van der Waals surface area contributed by atoms with Crippen molar-refractivity contribution in [3.05, 3.63) is 38.9 Å². The standard InChI is InChI=1S/C16H18BrN3O3/c1-2-23-16(22)12-9-20(10-4-3-5-18-7-10)13-8-19-14(17)6-11(13)15(12)21/h6,8-10,18H,2-5,7H2,1H3/t10-/m1/s1. The van der Waals surface area contributed by atoms with Crippen LogP contribution in [0.4, 0.5) is 0 Å². The van der Waals surface area contributed by atoms with Crippen LogP contribution in [0.2, 0.25) is 0 Å². The van der Waals surface area contributed by atoms with Gasteiger partial charge in [0.25, 0.3) is 0 Å². The van der Waals surface area contributed by atoms with Crippen molar-refractivity contribution in [3.63, 3.8) is 0 Å². The van der Waals surface area contributed by atoms with Gasteiger partial charge >= 0.3 is 5.97 Å². The van der Waals surface area contributed by atoms with Gasteiger partial charge in [-0.1, -0.05) is 0 Å². The minimum Gasteiger partial charge on any atom is -0.462 e. The largest absolute Gasteiger partial charge is 0.462 e. The number of rotatable bonds is 3. The molecule has 1 N–H and O–H groups in total. The highest BCUT2D eigenvalue weighted by Gasteiger charge is 2.22. The predicted octanol–water partition coefficient (Wildman–Crippen LogP) is 2.26. The second-order valence-corrected chi connectivity index (χ2v) is 6.34. The van der Waals surface area contributed by atoms with E-state index >= 15 is 0 Å². The van der Waals surface area contributed by atoms with Crippen molar-refractivity contribution in [1.82, 2.24) is 14.9 Å². The summed E-state index contributed by atoms with van der Waals surface area (Å²) < 4.78 is 7.58. The smallest absolute Gasteiger partial charge is 0.343 e. The summed E-state index contributed by atoms with van der Waals surface area (Å²) >= 11 is 3.29. The summed E-state index contributed by atoms with van der Waals surface area (Å²) in [7, 11) is 0. The zero-order valence-electron chi connectivity index (χ0n) is 12.8. The first-order valence-electron chi connectivity index (χ1n) is 7.70. The van der Waals surface area contributed by atoms with Crippen molar-refractivity contribution >= 4 is 32.8 Å². The van der Waals surface area contributed by atoms with E-state index in [4.69, 9.17) is 4.74 Å². The highest BCUT2D eigenvalue weighted by Crippen LogP contribution is 2.23. The molecule has 1 aliphatic rings. The van der Waals surface area contributed by atoms with Gasteiger partial charge < -0.3 is 14.6 Å². The fourth-order valence-electron chi connectivity index (χ4n) is 2.95. The Balaban J connectivity index is 2.22. The minimum atomic E-state index is -0.579. The summed E-state index contributed by atoms with van der Waals surface area (Å²) in [5.74, 6) is -0.579. The fourth-order valence-corrected chi connectivity index (χ4v) is 3.28. The Kier molecular flexibility index (Phi) is 4.77. The number of pyridine rings is 2. The van der Waals surface area contributed by atoms with Gasteiger partial charge in [-0.2, -0.15) is 0 Å². The lowest BCUT2D eigenvalue weighted by molar-refractivity contribution is 0.0524. The molecule has 2 aromatic rings. The number of hydrogen-bond donors (Lipinski definition) is 1. The SMILES string of the molecule is CCOC(=O)c1cn([C@@H]2CCCNC2)c2cnc(Br)cc2c1=O. The van der Waals surface area contributed by atoms with Gasteiger partial charge in [0.15, 0.2) is 0 Å². The van der Waals surface area contributed by atoms with Crippen molar-refractivity contribution in [2.24, 2.45) is 0 Å². The molecule has 23 heavy (non-hydrogen) atoms. The molecular formula is C16H18BrN3O3. The number of piperidine rings is 1. The molecule has 1 aliphatic heterocycles. The van der Waals surface area contributed by atoms with E-state index in [0.717, 1.165) is 31.4 Å². The second kappa shape index (κ2) is 6.80. The Hall–Kier alpha value is -1.73. The second-order valence-electron chi connectivity index (χ2n) is 5.52. The summed E-state index contributed by atoms with van der Waals surface area (Å²) in [6.45, 7) is 3.75. The molecule has 0 aliphatic carbocycles. The summed E-state index contributed by atoms with van der Waals surface area (Å²) in [5, 5.41) is 3.83. The zero-order valence-corrected chi connectivity index (χ0v) is 14.4. The van der Waals surface area contributed by atoms with Crippen LogP contribution in [-0.4, -0.2) is 35.2 Å². The molecule has 0 bridgehead atoms. The van der Waals surface area contributed by atoms with Gasteiger partial charge in [-0.25, -0.2) is 9.78 Å². The molecule has 1 saturated heterocycles. The minimum absolute atomic E-state index is 0.0722. The van der Waals surface area contributed by atoms with Crippen molar-refractivity contribution in [1.29, 1.82) is 0 Å². The van der Waals surface area contributed by atoms with Crippen molar-refractivity contribution in [2.75, 3.05) is 19.7 Å². The lowest BCUT2D eigenvalue weighted by Crippen LogP contribution is -2.33. The number of nitrogens with zero attached hydrogens (tertiary/aromatic N) is 2. The molecule has 0 radical (unpaired) electrons. The summed E-state index contributed by atoms with van der Waals surface area (Å²) in [6, 6.07) is 1.84. The van der Waals surface area contributed by atoms with Gasteiger partial charge in [0, 0.05) is 18.8 Å². The number of aromatic nitrogens is 2. The summed E-state index contributed by atoms with van der Waals surface area (Å²) in [6.07, 6.45) is 5.33. The van der Waals surface area contributed by atoms with Crippen molar-refractivity contribution < 1.29 is 9.53 Å². The summed E-state index contributed by atoms with van der Waals surface area (Å²) in [4.78, 5) is 29.0. The molecule has 7 heteroatoms. The average Bonchev–Trinajstić information content (AvgIpc) is 2.56. The number of nitrogens with one attached hydrogen (secondary N) is 1. The quantitative estimate of drug-likeness (QED) is 0.653. The highest BCUT2D eigenvalue weighted by atomic mass is 79.9. The van der Waals surface area contributed by atoms with Crippen LogP contribution in [0.3, 0.4) is 0 Å². The van der Waals surface area contributed by atoms with E-state index in [0.29, 0.717) is 9.99 Å². The normalized spacial score (nSPS) is 18.1. The van der Waals surface area contributed by atoms with E-state index < -0.39 is 5.97 Å². The van der Waals surface area contributed by atoms with Gasteiger partial charge in [0.1, 0.15) is 10.2 Å². The van der Waals surface area contributed by atoms with Crippen LogP contribution in [0.5, 0.6) is 0 Å². The molecule has 6 nitrogen and oxygen atoms in total. The van der Waals surface area contributed by atoms with Crippen LogP contribution in [-0.2, 0) is 4.74 Å². The van der Waals surface area contributed by atoms with Gasteiger partial charge in [0.05, 0.1) is 23.7 Å². The van der Waals surface area contributed by atoms with Crippen LogP contribution >= 0.6 is 15.9 Å². The third-order valence-corrected chi connectivity index (χ3v) is 4.48. The lowest BCUT2D eigenvalue weighted by atomic mass is 10.1. The topological polar surface area (TPSA) is 73.2 Å². The molecular weight excluding hydrogens is 362 g/mol. The van der Waals surface area contributed by atoms with Crippen LogP contribution in [0.15, 0.2) is 27.9 Å². The van der Waals surface area contributed by atoms with Gasteiger partial charge in [0.2, 0.25) is 5.43 Å². The monoisotopic (exact) mass is 379 g/mol. The highest BCUT2D eigenvalue weighted by molar-refractivity contribution is 9.10. The molecule has 122 valence electrons. The molecule has 2 aromatic heterocycles. The van der Waals surface area contributed by atoms with Crippen LogP contribution in [0.1, 0.15) is 36.2 Å². The number of hydrogen-bond acceptors (Lipinski definition) is 5. The van der Waals surface area contributed by atoms with E-state index in [9.17, 15) is 9.59 Å². The molecule has 3 heterocycles. The Morgan fingerprint density at radius 1 is 1.57 bits per heavy atom. The first-order chi connectivity index (χ1) is 11.1. The fraction of sp³-hybridized carbons (Fsp3) is 0.438. The Labute approximate surface area is 142 Å². The average molecular weight is 380 g/mol. The number of ether oxygens (including phenoxy) is 1. The van der Waals surface area contributed by atoms with Gasteiger partial charge in [-0.15, -0.1) is 0 Å². The van der Waals surface area contributed by atoms with E-state index in [1.807, 2.05) is 4.57 Å². The van der Waals surface area contributed by atoms with Gasteiger partial charge in [-0.3, -0.25) is 4.79 Å². The summed E-state index contributed by atoms with van der Waals surface area (Å²) in [5.41, 5.74) is 0.490. The van der Waals surface area contributed by atoms with Crippen LogP contribution in [0, 0.1) is 0 Å². The molecule has 3 rings (SSSR count). The maximum atomic E-state index is 12.7. The van der Waals surface area contributed by atoms with E-state index in [1.165, 1.54) is 0 Å². The van der Waals surface area contributed by atoms with Crippen molar-refractivity contribution in [3.8, 4) is 0 Å². The number of carbonyl (C=O) groups is 1. The first-order valence-corrected chi connectivity index (χ1v) is 8.49. The van der Waals surface area contributed by atoms with Crippen LogP contribution < -0.4 is 10.7 Å². The number of carbonyl (C=O) groups excluding carboxylic acids is 1. The third-order valence-electron chi connectivity index (χ3n) is 4.04. The number of halogens is 1.